The lowest BCUT2D eigenvalue weighted by Crippen LogP contribution is -2.42. The van der Waals surface area contributed by atoms with Crippen molar-refractivity contribution in [2.45, 2.75) is 18.9 Å². The number of likely N-dealkylation sites (N-methyl/N-ethyl adjacent to an activating group) is 1. The highest BCUT2D eigenvalue weighted by atomic mass is 16.5. The number of benzene rings is 2. The second-order valence-corrected chi connectivity index (χ2v) is 6.79. The predicted octanol–water partition coefficient (Wildman–Crippen LogP) is 2.73. The summed E-state index contributed by atoms with van der Waals surface area (Å²) in [5, 5.41) is 2.54. The number of hydrogen-bond acceptors (Lipinski definition) is 4. The Bertz CT molecular complexity index is 820. The highest BCUT2D eigenvalue weighted by molar-refractivity contribution is 5.95. The van der Waals surface area contributed by atoms with E-state index in [-0.39, 0.29) is 24.5 Å². The lowest BCUT2D eigenvalue weighted by atomic mass is 10.0. The smallest absolute Gasteiger partial charge is 0.257 e. The molecule has 0 radical (unpaired) electrons. The van der Waals surface area contributed by atoms with E-state index < -0.39 is 0 Å². The van der Waals surface area contributed by atoms with Crippen LogP contribution in [0, 0.1) is 0 Å². The summed E-state index contributed by atoms with van der Waals surface area (Å²) >= 11 is 0. The van der Waals surface area contributed by atoms with Crippen LogP contribution in [0.1, 0.15) is 23.2 Å². The molecule has 1 aliphatic rings. The van der Waals surface area contributed by atoms with Crippen LogP contribution in [-0.2, 0) is 9.53 Å². The fraction of sp³-hybridized carbons (Fsp3) is 0.364. The van der Waals surface area contributed by atoms with Crippen molar-refractivity contribution < 1.29 is 19.1 Å². The van der Waals surface area contributed by atoms with E-state index in [9.17, 15) is 9.59 Å². The van der Waals surface area contributed by atoms with Gasteiger partial charge in [0.2, 0.25) is 0 Å². The standard InChI is InChI=1S/C22H26N2O4/c1-23-21(25)15-28-20-8-4-3-7-19(20)16-9-11-17(12-10-16)22(26)24-13-5-6-18(14-24)27-2/h3-4,7-12,18H,5-6,13-15H2,1-2H3,(H,23,25). The van der Waals surface area contributed by atoms with Crippen LogP contribution in [0.4, 0.5) is 0 Å². The number of methoxy groups -OCH3 is 1. The zero-order chi connectivity index (χ0) is 19.9. The molecule has 0 aliphatic carbocycles. The molecule has 0 bridgehead atoms. The Morgan fingerprint density at radius 1 is 1.14 bits per heavy atom. The summed E-state index contributed by atoms with van der Waals surface area (Å²) in [6, 6.07) is 15.0. The first-order chi connectivity index (χ1) is 13.6. The molecule has 2 aromatic carbocycles. The molecule has 2 aromatic rings. The maximum Gasteiger partial charge on any atom is 0.257 e. The number of likely N-dealkylation sites (tertiary alicyclic amines) is 1. The molecule has 0 spiro atoms. The third-order valence-corrected chi connectivity index (χ3v) is 4.97. The first kappa shape index (κ1) is 19.9. The van der Waals surface area contributed by atoms with Crippen LogP contribution in [0.3, 0.4) is 0 Å². The molecular weight excluding hydrogens is 356 g/mol. The third-order valence-electron chi connectivity index (χ3n) is 4.97. The Hall–Kier alpha value is -2.86. The Kier molecular flexibility index (Phi) is 6.66. The molecule has 1 heterocycles. The van der Waals surface area contributed by atoms with Crippen LogP contribution < -0.4 is 10.1 Å². The Morgan fingerprint density at radius 3 is 2.61 bits per heavy atom. The second kappa shape index (κ2) is 9.37. The molecule has 0 saturated carbocycles. The van der Waals surface area contributed by atoms with Gasteiger partial charge in [0.15, 0.2) is 6.61 Å². The molecule has 28 heavy (non-hydrogen) atoms. The summed E-state index contributed by atoms with van der Waals surface area (Å²) in [7, 11) is 3.27. The van der Waals surface area contributed by atoms with Crippen molar-refractivity contribution >= 4 is 11.8 Å². The van der Waals surface area contributed by atoms with Gasteiger partial charge < -0.3 is 19.7 Å². The number of nitrogens with one attached hydrogen (secondary N) is 1. The molecule has 3 rings (SSSR count). The van der Waals surface area contributed by atoms with Crippen molar-refractivity contribution in [2.75, 3.05) is 33.9 Å². The van der Waals surface area contributed by atoms with Gasteiger partial charge in [0, 0.05) is 38.4 Å². The van der Waals surface area contributed by atoms with Gasteiger partial charge in [0.1, 0.15) is 5.75 Å². The van der Waals surface area contributed by atoms with Gasteiger partial charge in [-0.15, -0.1) is 0 Å². The molecule has 1 saturated heterocycles. The summed E-state index contributed by atoms with van der Waals surface area (Å²) in [4.78, 5) is 26.1. The summed E-state index contributed by atoms with van der Waals surface area (Å²) in [6.07, 6.45) is 2.06. The average molecular weight is 382 g/mol. The van der Waals surface area contributed by atoms with Crippen molar-refractivity contribution in [1.29, 1.82) is 0 Å². The molecular formula is C22H26N2O4. The van der Waals surface area contributed by atoms with Crippen LogP contribution in [-0.4, -0.2) is 56.7 Å². The number of carbonyl (C=O) groups excluding carboxylic acids is 2. The van der Waals surface area contributed by atoms with Gasteiger partial charge in [0.05, 0.1) is 6.10 Å². The number of hydrogen-bond donors (Lipinski definition) is 1. The van der Waals surface area contributed by atoms with Crippen LogP contribution in [0.15, 0.2) is 48.5 Å². The minimum Gasteiger partial charge on any atom is -0.483 e. The SMILES string of the molecule is CNC(=O)COc1ccccc1-c1ccc(C(=O)N2CCCC(OC)C2)cc1. The molecule has 1 N–H and O–H groups in total. The summed E-state index contributed by atoms with van der Waals surface area (Å²) in [5.41, 5.74) is 2.46. The van der Waals surface area contributed by atoms with Crippen molar-refractivity contribution in [3.8, 4) is 16.9 Å². The molecule has 2 amide bonds. The molecule has 6 nitrogen and oxygen atoms in total. The topological polar surface area (TPSA) is 67.9 Å². The first-order valence-corrected chi connectivity index (χ1v) is 9.47. The molecule has 148 valence electrons. The fourth-order valence-corrected chi connectivity index (χ4v) is 3.34. The summed E-state index contributed by atoms with van der Waals surface area (Å²) in [6.45, 7) is 1.35. The van der Waals surface area contributed by atoms with Crippen molar-refractivity contribution in [3.63, 3.8) is 0 Å². The Balaban J connectivity index is 1.74. The predicted molar refractivity (Wildman–Crippen MR) is 107 cm³/mol. The fourth-order valence-electron chi connectivity index (χ4n) is 3.34. The highest BCUT2D eigenvalue weighted by Gasteiger charge is 2.24. The molecule has 1 atom stereocenters. The number of piperidine rings is 1. The molecule has 6 heteroatoms. The highest BCUT2D eigenvalue weighted by Crippen LogP contribution is 2.30. The first-order valence-electron chi connectivity index (χ1n) is 9.47. The maximum atomic E-state index is 12.8. The van der Waals surface area contributed by atoms with Gasteiger partial charge >= 0.3 is 0 Å². The number of nitrogens with zero attached hydrogens (tertiary/aromatic N) is 1. The Morgan fingerprint density at radius 2 is 1.89 bits per heavy atom. The normalized spacial score (nSPS) is 16.5. The van der Waals surface area contributed by atoms with Gasteiger partial charge in [-0.25, -0.2) is 0 Å². The van der Waals surface area contributed by atoms with Crippen molar-refractivity contribution in [1.82, 2.24) is 10.2 Å². The Labute approximate surface area is 165 Å². The molecule has 1 aliphatic heterocycles. The lowest BCUT2D eigenvalue weighted by molar-refractivity contribution is -0.122. The van der Waals surface area contributed by atoms with E-state index in [2.05, 4.69) is 5.32 Å². The number of para-hydroxylation sites is 1. The van der Waals surface area contributed by atoms with E-state index >= 15 is 0 Å². The average Bonchev–Trinajstić information content (AvgIpc) is 2.77. The van der Waals surface area contributed by atoms with Gasteiger partial charge in [-0.05, 0) is 36.6 Å². The molecule has 0 aromatic heterocycles. The number of carbonyl (C=O) groups is 2. The van der Waals surface area contributed by atoms with Crippen LogP contribution in [0.25, 0.3) is 11.1 Å². The monoisotopic (exact) mass is 382 g/mol. The van der Waals surface area contributed by atoms with Gasteiger partial charge in [-0.3, -0.25) is 9.59 Å². The zero-order valence-electron chi connectivity index (χ0n) is 16.3. The largest absolute Gasteiger partial charge is 0.483 e. The summed E-state index contributed by atoms with van der Waals surface area (Å²) < 4.78 is 11.0. The third kappa shape index (κ3) is 4.70. The van der Waals surface area contributed by atoms with Crippen LogP contribution in [0.5, 0.6) is 5.75 Å². The number of amides is 2. The minimum atomic E-state index is -0.188. The van der Waals surface area contributed by atoms with Crippen molar-refractivity contribution in [2.24, 2.45) is 0 Å². The molecule has 1 fully saturated rings. The molecule has 1 unspecified atom stereocenters. The van der Waals surface area contributed by atoms with Gasteiger partial charge in [-0.2, -0.15) is 0 Å². The zero-order valence-corrected chi connectivity index (χ0v) is 16.3. The van der Waals surface area contributed by atoms with E-state index in [1.54, 1.807) is 14.2 Å². The van der Waals surface area contributed by atoms with E-state index in [0.29, 0.717) is 17.9 Å². The lowest BCUT2D eigenvalue weighted by Gasteiger charge is -2.32. The quantitative estimate of drug-likeness (QED) is 0.834. The van der Waals surface area contributed by atoms with E-state index in [1.807, 2.05) is 53.4 Å². The summed E-state index contributed by atoms with van der Waals surface area (Å²) in [5.74, 6) is 0.466. The van der Waals surface area contributed by atoms with Gasteiger partial charge in [-0.1, -0.05) is 30.3 Å². The van der Waals surface area contributed by atoms with E-state index in [0.717, 1.165) is 30.5 Å². The van der Waals surface area contributed by atoms with E-state index in [1.165, 1.54) is 0 Å². The van der Waals surface area contributed by atoms with E-state index in [4.69, 9.17) is 9.47 Å². The number of ether oxygens (including phenoxy) is 2. The van der Waals surface area contributed by atoms with Gasteiger partial charge in [0.25, 0.3) is 11.8 Å². The van der Waals surface area contributed by atoms with Crippen LogP contribution >= 0.6 is 0 Å². The van der Waals surface area contributed by atoms with Crippen LogP contribution in [0.2, 0.25) is 0 Å². The van der Waals surface area contributed by atoms with Crippen molar-refractivity contribution in [3.05, 3.63) is 54.1 Å². The number of rotatable bonds is 6. The minimum absolute atomic E-state index is 0.0254. The maximum absolute atomic E-state index is 12.8. The second-order valence-electron chi connectivity index (χ2n) is 6.79.